The zero-order chi connectivity index (χ0) is 44.1. The fourth-order valence-electron chi connectivity index (χ4n) is 6.31. The number of hydrogen-bond donors (Lipinski definition) is 0. The van der Waals surface area contributed by atoms with Gasteiger partial charge in [-0.15, -0.1) is 0 Å². The first-order valence-corrected chi connectivity index (χ1v) is 25.6. The smallest absolute Gasteiger partial charge is 0.306 e. The number of ether oxygens (including phenoxy) is 2. The number of likely N-dealkylation sites (N-methyl/N-ethyl adjacent to an activating group) is 1. The van der Waals surface area contributed by atoms with Gasteiger partial charge in [0.15, 0.2) is 0 Å². The summed E-state index contributed by atoms with van der Waals surface area (Å²) in [6.07, 6.45) is 56.3. The number of carbonyl (C=O) groups is 1. The van der Waals surface area contributed by atoms with Crippen LogP contribution in [0.1, 0.15) is 187 Å². The molecule has 8 nitrogen and oxygen atoms in total. The van der Waals surface area contributed by atoms with Crippen molar-refractivity contribution in [3.63, 3.8) is 0 Å². The molecule has 0 rings (SSSR count). The van der Waals surface area contributed by atoms with Gasteiger partial charge in [0.1, 0.15) is 19.3 Å². The van der Waals surface area contributed by atoms with E-state index in [4.69, 9.17) is 18.5 Å². The molecular weight excluding hydrogens is 770 g/mol. The first kappa shape index (κ1) is 57.9. The number of phosphoric ester groups is 1. The molecule has 0 bridgehead atoms. The third kappa shape index (κ3) is 47.0. The lowest BCUT2D eigenvalue weighted by Gasteiger charge is -2.28. The Kier molecular flexibility index (Phi) is 42.1. The van der Waals surface area contributed by atoms with Crippen LogP contribution in [0.5, 0.6) is 0 Å². The minimum atomic E-state index is -4.53. The van der Waals surface area contributed by atoms with E-state index in [1.54, 1.807) is 0 Å². The lowest BCUT2D eigenvalue weighted by Crippen LogP contribution is -2.37. The van der Waals surface area contributed by atoms with Gasteiger partial charge in [0.25, 0.3) is 7.82 Å². The number of hydrogen-bond acceptors (Lipinski definition) is 7. The summed E-state index contributed by atoms with van der Waals surface area (Å²) in [5, 5.41) is 0. The number of esters is 1. The van der Waals surface area contributed by atoms with Gasteiger partial charge in [0.2, 0.25) is 0 Å². The summed E-state index contributed by atoms with van der Waals surface area (Å²) in [6, 6.07) is 0. The molecule has 0 fully saturated rings. The molecule has 0 aliphatic rings. The van der Waals surface area contributed by atoms with Gasteiger partial charge in [-0.2, -0.15) is 0 Å². The van der Waals surface area contributed by atoms with Crippen molar-refractivity contribution in [1.29, 1.82) is 0 Å². The lowest BCUT2D eigenvalue weighted by molar-refractivity contribution is -0.870. The van der Waals surface area contributed by atoms with E-state index in [9.17, 15) is 14.3 Å². The second-order valence-electron chi connectivity index (χ2n) is 17.1. The van der Waals surface area contributed by atoms with Crippen molar-refractivity contribution in [3.05, 3.63) is 72.9 Å². The largest absolute Gasteiger partial charge is 0.756 e. The van der Waals surface area contributed by atoms with Crippen LogP contribution in [0, 0.1) is 0 Å². The van der Waals surface area contributed by atoms with Gasteiger partial charge in [-0.25, -0.2) is 0 Å². The number of carbonyl (C=O) groups excluding carboxylic acids is 1. The molecule has 348 valence electrons. The number of unbranched alkanes of at least 4 members (excludes halogenated alkanes) is 18. The summed E-state index contributed by atoms with van der Waals surface area (Å²) in [4.78, 5) is 25.1. The Balaban J connectivity index is 4.15. The van der Waals surface area contributed by atoms with E-state index in [2.05, 4.69) is 86.8 Å². The quantitative estimate of drug-likeness (QED) is 0.0198. The molecule has 9 heteroatoms. The summed E-state index contributed by atoms with van der Waals surface area (Å²) in [5.41, 5.74) is 0. The highest BCUT2D eigenvalue weighted by atomic mass is 31.2. The number of quaternary nitrogens is 1. The maximum absolute atomic E-state index is 12.7. The second-order valence-corrected chi connectivity index (χ2v) is 18.5. The van der Waals surface area contributed by atoms with E-state index < -0.39 is 13.9 Å². The van der Waals surface area contributed by atoms with Gasteiger partial charge < -0.3 is 27.9 Å². The van der Waals surface area contributed by atoms with Crippen molar-refractivity contribution in [3.8, 4) is 0 Å². The molecule has 0 heterocycles. The monoisotopic (exact) mass is 862 g/mol. The molecule has 0 aliphatic heterocycles. The standard InChI is InChI=1S/C51H92NO7P/c1-6-8-10-12-14-16-18-20-21-22-23-24-25-26-27-28-29-30-31-32-33-35-37-39-41-43-46-56-48-50(49-58-60(54,55)57-47-45-52(3,4)5)59-51(53)44-42-40-38-36-34-19-17-15-13-11-9-7-2/h8,10,14,16,20-21,23-24,26-27,29-30,50H,6-7,9,11-13,15,17-19,22,25,28,31-49H2,1-5H3/b10-8-,16-14-,21-20-,24-23-,27-26-,30-29-. The Morgan fingerprint density at radius 2 is 0.967 bits per heavy atom. The van der Waals surface area contributed by atoms with E-state index in [1.165, 1.54) is 83.5 Å². The highest BCUT2D eigenvalue weighted by Gasteiger charge is 2.20. The molecule has 0 aromatic carbocycles. The molecule has 0 aromatic heterocycles. The number of nitrogens with zero attached hydrogens (tertiary/aromatic N) is 1. The average molecular weight is 862 g/mol. The van der Waals surface area contributed by atoms with Crippen molar-refractivity contribution >= 4 is 13.8 Å². The summed E-state index contributed by atoms with van der Waals surface area (Å²) < 4.78 is 34.6. The summed E-state index contributed by atoms with van der Waals surface area (Å²) in [6.45, 7) is 5.26. The zero-order valence-corrected chi connectivity index (χ0v) is 40.3. The molecule has 0 N–H and O–H groups in total. The normalized spacial score (nSPS) is 14.3. The average Bonchev–Trinajstić information content (AvgIpc) is 3.20. The third-order valence-electron chi connectivity index (χ3n) is 10.0. The number of phosphoric acid groups is 1. The van der Waals surface area contributed by atoms with Crippen LogP contribution in [0.2, 0.25) is 0 Å². The Labute approximate surface area is 370 Å². The molecule has 2 unspecified atom stereocenters. The number of allylic oxidation sites excluding steroid dienone is 12. The Hall–Kier alpha value is -2.06. The summed E-state index contributed by atoms with van der Waals surface area (Å²) in [5.74, 6) is -0.341. The zero-order valence-electron chi connectivity index (χ0n) is 39.4. The van der Waals surface area contributed by atoms with E-state index in [-0.39, 0.29) is 25.8 Å². The summed E-state index contributed by atoms with van der Waals surface area (Å²) in [7, 11) is 1.34. The Bertz CT molecular complexity index is 1190. The van der Waals surface area contributed by atoms with Crippen molar-refractivity contribution in [2.45, 2.75) is 193 Å². The fraction of sp³-hybridized carbons (Fsp3) is 0.745. The Morgan fingerprint density at radius 1 is 0.533 bits per heavy atom. The molecule has 60 heavy (non-hydrogen) atoms. The molecule has 0 spiro atoms. The highest BCUT2D eigenvalue weighted by Crippen LogP contribution is 2.38. The van der Waals surface area contributed by atoms with E-state index >= 15 is 0 Å². The van der Waals surface area contributed by atoms with Gasteiger partial charge in [-0.05, 0) is 64.2 Å². The third-order valence-corrected chi connectivity index (χ3v) is 11.0. The molecular formula is C51H92NO7P. The lowest BCUT2D eigenvalue weighted by atomic mass is 10.0. The molecule has 0 aromatic rings. The van der Waals surface area contributed by atoms with Crippen LogP contribution in [-0.2, 0) is 27.9 Å². The first-order valence-electron chi connectivity index (χ1n) is 24.2. The molecule has 2 atom stereocenters. The van der Waals surface area contributed by atoms with Crippen LogP contribution in [0.3, 0.4) is 0 Å². The topological polar surface area (TPSA) is 94.1 Å². The van der Waals surface area contributed by atoms with Crippen LogP contribution in [0.15, 0.2) is 72.9 Å². The number of rotatable bonds is 44. The van der Waals surface area contributed by atoms with Gasteiger partial charge in [0, 0.05) is 13.0 Å². The van der Waals surface area contributed by atoms with E-state index in [1.807, 2.05) is 21.1 Å². The van der Waals surface area contributed by atoms with Gasteiger partial charge in [-0.3, -0.25) is 9.36 Å². The van der Waals surface area contributed by atoms with Gasteiger partial charge >= 0.3 is 5.97 Å². The van der Waals surface area contributed by atoms with Gasteiger partial charge in [0.05, 0.1) is 34.4 Å². The molecule has 0 amide bonds. The second kappa shape index (κ2) is 43.6. The fourth-order valence-corrected chi connectivity index (χ4v) is 7.04. The minimum Gasteiger partial charge on any atom is -0.756 e. The maximum Gasteiger partial charge on any atom is 0.306 e. The minimum absolute atomic E-state index is 0.0215. The van der Waals surface area contributed by atoms with E-state index in [0.717, 1.165) is 83.5 Å². The van der Waals surface area contributed by atoms with Crippen LogP contribution < -0.4 is 4.89 Å². The van der Waals surface area contributed by atoms with Crippen LogP contribution >= 0.6 is 7.82 Å². The molecule has 0 aliphatic carbocycles. The van der Waals surface area contributed by atoms with Gasteiger partial charge in [-0.1, -0.05) is 189 Å². The van der Waals surface area contributed by atoms with Crippen LogP contribution in [0.4, 0.5) is 0 Å². The van der Waals surface area contributed by atoms with Crippen molar-refractivity contribution in [1.82, 2.24) is 0 Å². The molecule has 0 radical (unpaired) electrons. The molecule has 0 saturated heterocycles. The molecule has 0 saturated carbocycles. The predicted octanol–water partition coefficient (Wildman–Crippen LogP) is 14.0. The summed E-state index contributed by atoms with van der Waals surface area (Å²) >= 11 is 0. The van der Waals surface area contributed by atoms with Crippen LogP contribution in [0.25, 0.3) is 0 Å². The highest BCUT2D eigenvalue weighted by molar-refractivity contribution is 7.45. The van der Waals surface area contributed by atoms with Crippen molar-refractivity contribution in [2.75, 3.05) is 54.1 Å². The Morgan fingerprint density at radius 3 is 1.45 bits per heavy atom. The van der Waals surface area contributed by atoms with Crippen molar-refractivity contribution in [2.24, 2.45) is 0 Å². The van der Waals surface area contributed by atoms with Crippen molar-refractivity contribution < 1.29 is 37.3 Å². The van der Waals surface area contributed by atoms with Crippen LogP contribution in [-0.4, -0.2) is 70.7 Å². The first-order chi connectivity index (χ1) is 29.1. The SMILES string of the molecule is CC/C=C\C/C=C\C/C=C\C/C=C\C/C=C\C/C=C\CCCCCCCCCOCC(COP(=O)([O-])OCC[N+](C)(C)C)OC(=O)CCCCCCCCCCCCCC. The predicted molar refractivity (Wildman–Crippen MR) is 254 cm³/mol. The van der Waals surface area contributed by atoms with E-state index in [0.29, 0.717) is 24.1 Å². The maximum atomic E-state index is 12.7.